The number of fused-ring (bicyclic) bond motifs is 1. The number of thiazole rings is 1. The largest absolute Gasteiger partial charge is 0.591 e. The number of para-hydroxylation sites is 1. The van der Waals surface area contributed by atoms with Crippen molar-refractivity contribution in [3.8, 4) is 5.75 Å². The minimum Gasteiger partial charge on any atom is -0.591 e. The molecule has 1 aromatic carbocycles. The van der Waals surface area contributed by atoms with Crippen LogP contribution in [0.15, 0.2) is 34.9 Å². The van der Waals surface area contributed by atoms with Crippen molar-refractivity contribution in [2.75, 3.05) is 6.61 Å². The molecule has 0 saturated carbocycles. The first kappa shape index (κ1) is 19.9. The van der Waals surface area contributed by atoms with Crippen molar-refractivity contribution in [1.82, 2.24) is 4.98 Å². The van der Waals surface area contributed by atoms with Crippen molar-refractivity contribution in [1.29, 1.82) is 0 Å². The summed E-state index contributed by atoms with van der Waals surface area (Å²) in [5, 5.41) is 0.668. The molecule has 0 fully saturated rings. The van der Waals surface area contributed by atoms with E-state index in [1.165, 1.54) is 17.5 Å². The van der Waals surface area contributed by atoms with Crippen molar-refractivity contribution < 1.29 is 18.8 Å². The topological polar surface area (TPSA) is 83.8 Å². The Morgan fingerprint density at radius 3 is 2.89 bits per heavy atom. The smallest absolute Gasteiger partial charge is 0.349 e. The van der Waals surface area contributed by atoms with Gasteiger partial charge in [-0.25, -0.2) is 9.78 Å². The molecule has 0 saturated heterocycles. The summed E-state index contributed by atoms with van der Waals surface area (Å²) in [5.74, 6) is 0.284. The van der Waals surface area contributed by atoms with Crippen molar-refractivity contribution in [2.24, 2.45) is 4.40 Å². The summed E-state index contributed by atoms with van der Waals surface area (Å²) in [7, 11) is 0. The molecule has 2 heterocycles. The first-order chi connectivity index (χ1) is 12.8. The summed E-state index contributed by atoms with van der Waals surface area (Å²) >= 11 is -0.130. The van der Waals surface area contributed by atoms with E-state index in [0.29, 0.717) is 28.7 Å². The van der Waals surface area contributed by atoms with E-state index >= 15 is 0 Å². The minimum atomic E-state index is -1.38. The summed E-state index contributed by atoms with van der Waals surface area (Å²) < 4.78 is 27.7. The number of hydrogen-bond acceptors (Lipinski definition) is 7. The first-order valence-corrected chi connectivity index (χ1v) is 10.6. The number of rotatable bonds is 4. The van der Waals surface area contributed by atoms with E-state index in [0.717, 1.165) is 11.3 Å². The van der Waals surface area contributed by atoms with Crippen LogP contribution in [0.5, 0.6) is 5.75 Å². The number of aromatic nitrogens is 1. The molecule has 3 rings (SSSR count). The van der Waals surface area contributed by atoms with Gasteiger partial charge in [0.25, 0.3) is 0 Å². The molecule has 27 heavy (non-hydrogen) atoms. The number of benzene rings is 1. The third-order valence-corrected chi connectivity index (χ3v) is 6.34. The van der Waals surface area contributed by atoms with Crippen LogP contribution in [0.1, 0.15) is 60.5 Å². The Balaban J connectivity index is 1.92. The van der Waals surface area contributed by atoms with E-state index in [4.69, 9.17) is 9.47 Å². The van der Waals surface area contributed by atoms with Crippen LogP contribution in [0.25, 0.3) is 0 Å². The molecule has 1 aliphatic heterocycles. The second-order valence-corrected chi connectivity index (χ2v) is 9.96. The number of nitrogens with zero attached hydrogens (tertiary/aromatic N) is 2. The summed E-state index contributed by atoms with van der Waals surface area (Å²) in [6, 6.07) is 7.55. The van der Waals surface area contributed by atoms with E-state index < -0.39 is 16.1 Å². The van der Waals surface area contributed by atoms with Crippen LogP contribution in [0.4, 0.5) is 0 Å². The molecule has 0 aliphatic carbocycles. The normalized spacial score (nSPS) is 19.3. The lowest BCUT2D eigenvalue weighted by Crippen LogP contribution is -2.29. The molecule has 6 nitrogen and oxygen atoms in total. The average Bonchev–Trinajstić information content (AvgIpc) is 3.11. The van der Waals surface area contributed by atoms with Crippen LogP contribution in [0.3, 0.4) is 0 Å². The molecule has 144 valence electrons. The maximum Gasteiger partial charge on any atom is 0.349 e. The number of hydrogen-bond donors (Lipinski definition) is 0. The van der Waals surface area contributed by atoms with Gasteiger partial charge >= 0.3 is 5.97 Å². The molecule has 0 bridgehead atoms. The highest BCUT2D eigenvalue weighted by molar-refractivity contribution is 7.91. The zero-order chi connectivity index (χ0) is 19.6. The lowest BCUT2D eigenvalue weighted by Gasteiger charge is -2.26. The quantitative estimate of drug-likeness (QED) is 0.564. The van der Waals surface area contributed by atoms with Gasteiger partial charge in [0.15, 0.2) is 6.10 Å². The predicted octanol–water partition coefficient (Wildman–Crippen LogP) is 4.09. The number of carbonyl (C=O) groups excluding carboxylic acids is 1. The monoisotopic (exact) mass is 406 g/mol. The van der Waals surface area contributed by atoms with E-state index in [9.17, 15) is 9.35 Å². The fourth-order valence-corrected chi connectivity index (χ4v) is 3.97. The Hall–Kier alpha value is -1.90. The lowest BCUT2D eigenvalue weighted by molar-refractivity contribution is 0.0532. The summed E-state index contributed by atoms with van der Waals surface area (Å²) in [5.41, 5.74) is 1.57. The molecule has 1 unspecified atom stereocenters. The van der Waals surface area contributed by atoms with E-state index in [2.05, 4.69) is 9.38 Å². The van der Waals surface area contributed by atoms with Crippen LogP contribution in [-0.2, 0) is 16.1 Å². The van der Waals surface area contributed by atoms with Crippen molar-refractivity contribution >= 4 is 34.4 Å². The Labute approximate surface area is 166 Å². The molecule has 2 aromatic rings. The van der Waals surface area contributed by atoms with Crippen molar-refractivity contribution in [3.05, 3.63) is 45.9 Å². The predicted molar refractivity (Wildman–Crippen MR) is 107 cm³/mol. The maximum absolute atomic E-state index is 12.6. The van der Waals surface area contributed by atoms with Gasteiger partial charge in [0.2, 0.25) is 0 Å². The van der Waals surface area contributed by atoms with Crippen LogP contribution in [-0.4, -0.2) is 32.6 Å². The minimum absolute atomic E-state index is 0.314. The molecular formula is C19H22N2O4S2. The highest BCUT2D eigenvalue weighted by Gasteiger charge is 2.33. The van der Waals surface area contributed by atoms with E-state index in [1.54, 1.807) is 6.92 Å². The Morgan fingerprint density at radius 2 is 2.19 bits per heavy atom. The average molecular weight is 407 g/mol. The maximum atomic E-state index is 12.6. The van der Waals surface area contributed by atoms with Gasteiger partial charge in [-0.3, -0.25) is 0 Å². The van der Waals surface area contributed by atoms with Gasteiger partial charge in [-0.1, -0.05) is 16.5 Å². The Kier molecular flexibility index (Phi) is 5.88. The summed E-state index contributed by atoms with van der Waals surface area (Å²) in [6.45, 7) is 7.75. The van der Waals surface area contributed by atoms with E-state index in [-0.39, 0.29) is 12.1 Å². The molecule has 8 heteroatoms. The van der Waals surface area contributed by atoms with Crippen LogP contribution >= 0.6 is 11.3 Å². The highest BCUT2D eigenvalue weighted by atomic mass is 32.2. The van der Waals surface area contributed by atoms with Crippen LogP contribution in [0, 0.1) is 0 Å². The fraction of sp³-hybridized carbons (Fsp3) is 0.421. The van der Waals surface area contributed by atoms with Gasteiger partial charge in [-0.05, 0) is 39.8 Å². The Bertz CT molecular complexity index is 857. The second kappa shape index (κ2) is 8.00. The van der Waals surface area contributed by atoms with Gasteiger partial charge in [-0.15, -0.1) is 11.3 Å². The van der Waals surface area contributed by atoms with Gasteiger partial charge < -0.3 is 14.0 Å². The molecule has 0 amide bonds. The number of esters is 1. The molecule has 1 aliphatic rings. The zero-order valence-electron chi connectivity index (χ0n) is 15.7. The zero-order valence-corrected chi connectivity index (χ0v) is 17.4. The van der Waals surface area contributed by atoms with Crippen LogP contribution < -0.4 is 4.74 Å². The highest BCUT2D eigenvalue weighted by Crippen LogP contribution is 2.37. The van der Waals surface area contributed by atoms with Crippen molar-refractivity contribution in [3.63, 3.8) is 0 Å². The van der Waals surface area contributed by atoms with Gasteiger partial charge in [-0.2, -0.15) is 0 Å². The summed E-state index contributed by atoms with van der Waals surface area (Å²) in [6.07, 6.45) is 1.56. The third kappa shape index (κ3) is 4.51. The molecule has 1 aromatic heterocycles. The van der Waals surface area contributed by atoms with Gasteiger partial charge in [0, 0.05) is 12.0 Å². The first-order valence-electron chi connectivity index (χ1n) is 8.68. The second-order valence-electron chi connectivity index (χ2n) is 6.99. The molecular weight excluding hydrogens is 384 g/mol. The van der Waals surface area contributed by atoms with E-state index in [1.807, 2.05) is 45.0 Å². The molecule has 0 spiro atoms. The van der Waals surface area contributed by atoms with Crippen LogP contribution in [0.2, 0.25) is 0 Å². The van der Waals surface area contributed by atoms with Gasteiger partial charge in [0.05, 0.1) is 12.8 Å². The standard InChI is InChI=1S/C19H22N2O4S2/c1-5-24-18(22)16-11-20-17(26-16)15-10-13(21-27(23)19(2,3)4)12-8-6-7-9-14(12)25-15/h6-9,11,15H,5,10H2,1-4H3/t15-,27?/m0/s1. The summed E-state index contributed by atoms with van der Waals surface area (Å²) in [4.78, 5) is 16.7. The molecule has 0 radical (unpaired) electrons. The molecule has 2 atom stereocenters. The SMILES string of the molecule is CCOC(=O)c1cnc([C@@H]2CC(=N[S+]([O-])C(C)(C)C)c3ccccc3O2)s1. The number of ether oxygens (including phenoxy) is 2. The number of carbonyl (C=O) groups is 1. The Morgan fingerprint density at radius 1 is 1.44 bits per heavy atom. The third-order valence-electron chi connectivity index (χ3n) is 3.84. The lowest BCUT2D eigenvalue weighted by atomic mass is 10.0. The molecule has 0 N–H and O–H groups in total. The van der Waals surface area contributed by atoms with Crippen molar-refractivity contribution in [2.45, 2.75) is 45.0 Å². The fourth-order valence-electron chi connectivity index (χ4n) is 2.48. The van der Waals surface area contributed by atoms with Gasteiger partial charge in [0.1, 0.15) is 37.5 Å².